The van der Waals surface area contributed by atoms with Crippen molar-refractivity contribution < 1.29 is 0 Å². The van der Waals surface area contributed by atoms with E-state index in [1.165, 1.54) is 128 Å². The van der Waals surface area contributed by atoms with Gasteiger partial charge in [0.15, 0.2) is 0 Å². The fourth-order valence-electron chi connectivity index (χ4n) is 3.67. The maximum Gasteiger partial charge on any atom is -0.0443 e. The van der Waals surface area contributed by atoms with Crippen LogP contribution >= 0.6 is 0 Å². The first-order valence-electron chi connectivity index (χ1n) is 11.9. The summed E-state index contributed by atoms with van der Waals surface area (Å²) >= 11 is 0. The second kappa shape index (κ2) is 22.0. The molecule has 1 unspecified atom stereocenters. The lowest BCUT2D eigenvalue weighted by Crippen LogP contribution is -1.87. The molecule has 0 nitrogen and oxygen atoms in total. The van der Waals surface area contributed by atoms with Gasteiger partial charge in [0, 0.05) is 0 Å². The average Bonchev–Trinajstić information content (AvgIpc) is 2.60. The van der Waals surface area contributed by atoms with Crippen LogP contribution in [0, 0.1) is 19.8 Å². The summed E-state index contributed by atoms with van der Waals surface area (Å²) in [5.41, 5.74) is 0. The maximum atomic E-state index is 4.06. The van der Waals surface area contributed by atoms with Crippen LogP contribution in [0.5, 0.6) is 0 Å². The summed E-state index contributed by atoms with van der Waals surface area (Å²) in [6, 6.07) is 0. The summed E-state index contributed by atoms with van der Waals surface area (Å²) in [5.74, 6) is 0.647. The van der Waals surface area contributed by atoms with Crippen molar-refractivity contribution in [1.82, 2.24) is 0 Å². The van der Waals surface area contributed by atoms with Crippen molar-refractivity contribution >= 4 is 0 Å². The molecule has 0 amide bonds. The lowest BCUT2D eigenvalue weighted by Gasteiger charge is -2.05. The summed E-state index contributed by atoms with van der Waals surface area (Å²) in [7, 11) is 0. The Hall–Kier alpha value is 0. The van der Waals surface area contributed by atoms with Crippen molar-refractivity contribution in [3.8, 4) is 0 Å². The first kappa shape index (κ1) is 25.0. The van der Waals surface area contributed by atoms with Gasteiger partial charge < -0.3 is 0 Å². The van der Waals surface area contributed by atoms with E-state index in [2.05, 4.69) is 20.8 Å². The maximum absolute atomic E-state index is 4.06. The predicted molar refractivity (Wildman–Crippen MR) is 117 cm³/mol. The molecule has 150 valence electrons. The van der Waals surface area contributed by atoms with E-state index >= 15 is 0 Å². The Morgan fingerprint density at radius 3 is 0.920 bits per heavy atom. The van der Waals surface area contributed by atoms with Crippen molar-refractivity contribution in [3.63, 3.8) is 0 Å². The van der Waals surface area contributed by atoms with Crippen molar-refractivity contribution in [2.45, 2.75) is 142 Å². The Morgan fingerprint density at radius 2 is 0.680 bits per heavy atom. The minimum absolute atomic E-state index is 0.647. The quantitative estimate of drug-likeness (QED) is 0.181. The van der Waals surface area contributed by atoms with Gasteiger partial charge in [-0.2, -0.15) is 0 Å². The third kappa shape index (κ3) is 24.0. The first-order valence-corrected chi connectivity index (χ1v) is 11.9. The van der Waals surface area contributed by atoms with Crippen LogP contribution in [-0.4, -0.2) is 0 Å². The Kier molecular flexibility index (Phi) is 22.0. The Bertz CT molecular complexity index is 218. The van der Waals surface area contributed by atoms with Gasteiger partial charge in [-0.15, -0.1) is 0 Å². The second-order valence-corrected chi connectivity index (χ2v) is 8.46. The second-order valence-electron chi connectivity index (χ2n) is 8.46. The highest BCUT2D eigenvalue weighted by molar-refractivity contribution is 4.55. The lowest BCUT2D eigenvalue weighted by atomic mass is 10.0. The van der Waals surface area contributed by atoms with Crippen molar-refractivity contribution in [2.24, 2.45) is 5.92 Å². The van der Waals surface area contributed by atoms with Crippen LogP contribution in [0.2, 0.25) is 0 Å². The van der Waals surface area contributed by atoms with E-state index in [1.807, 2.05) is 0 Å². The molecular formula is C25H50. The van der Waals surface area contributed by atoms with Crippen molar-refractivity contribution in [3.05, 3.63) is 13.8 Å². The minimum Gasteiger partial charge on any atom is -0.0625 e. The summed E-state index contributed by atoms with van der Waals surface area (Å²) in [4.78, 5) is 0. The SMILES string of the molecule is [CH2]CCCCCCCCCCCCCCCCCCCCCC([CH2])C. The van der Waals surface area contributed by atoms with Crippen molar-refractivity contribution in [2.75, 3.05) is 0 Å². The zero-order valence-electron chi connectivity index (χ0n) is 17.8. The van der Waals surface area contributed by atoms with E-state index in [4.69, 9.17) is 0 Å². The van der Waals surface area contributed by atoms with Gasteiger partial charge >= 0.3 is 0 Å². The third-order valence-corrected chi connectivity index (χ3v) is 5.45. The van der Waals surface area contributed by atoms with Gasteiger partial charge in [0.1, 0.15) is 0 Å². The third-order valence-electron chi connectivity index (χ3n) is 5.45. The van der Waals surface area contributed by atoms with E-state index in [0.717, 1.165) is 6.42 Å². The normalized spacial score (nSPS) is 11.5. The Balaban J connectivity index is 2.96. The van der Waals surface area contributed by atoms with Gasteiger partial charge in [-0.3, -0.25) is 0 Å². The molecule has 0 N–H and O–H groups in total. The van der Waals surface area contributed by atoms with Crippen LogP contribution in [0.25, 0.3) is 0 Å². The molecule has 0 fully saturated rings. The van der Waals surface area contributed by atoms with Crippen LogP contribution in [-0.2, 0) is 0 Å². The van der Waals surface area contributed by atoms with Gasteiger partial charge in [0.05, 0.1) is 0 Å². The molecule has 0 aromatic rings. The lowest BCUT2D eigenvalue weighted by molar-refractivity contribution is 0.513. The molecule has 0 aromatic heterocycles. The van der Waals surface area contributed by atoms with Crippen LogP contribution in [0.1, 0.15) is 142 Å². The summed E-state index contributed by atoms with van der Waals surface area (Å²) in [5, 5.41) is 0. The predicted octanol–water partition coefficient (Wildman–Crippen LogP) is 9.48. The molecule has 0 spiro atoms. The van der Waals surface area contributed by atoms with Gasteiger partial charge in [-0.1, -0.05) is 156 Å². The molecule has 0 heteroatoms. The van der Waals surface area contributed by atoms with E-state index in [9.17, 15) is 0 Å². The number of hydrogen-bond acceptors (Lipinski definition) is 0. The van der Waals surface area contributed by atoms with Crippen LogP contribution in [0.4, 0.5) is 0 Å². The molecule has 0 heterocycles. The van der Waals surface area contributed by atoms with Crippen LogP contribution < -0.4 is 0 Å². The Morgan fingerprint density at radius 1 is 0.440 bits per heavy atom. The zero-order chi connectivity index (χ0) is 18.4. The summed E-state index contributed by atoms with van der Waals surface area (Å²) in [6.07, 6.45) is 30.0. The van der Waals surface area contributed by atoms with Gasteiger partial charge in [0.25, 0.3) is 0 Å². The van der Waals surface area contributed by atoms with Gasteiger partial charge in [-0.25, -0.2) is 0 Å². The fraction of sp³-hybridized carbons (Fsp3) is 0.920. The molecule has 0 aromatic carbocycles. The molecule has 0 aliphatic heterocycles. The number of hydrogen-bond donors (Lipinski definition) is 0. The molecule has 25 heavy (non-hydrogen) atoms. The molecule has 0 aliphatic rings. The van der Waals surface area contributed by atoms with E-state index in [1.54, 1.807) is 0 Å². The molecule has 0 aliphatic carbocycles. The fourth-order valence-corrected chi connectivity index (χ4v) is 3.67. The molecule has 0 bridgehead atoms. The van der Waals surface area contributed by atoms with Gasteiger partial charge in [-0.05, 0) is 5.92 Å². The van der Waals surface area contributed by atoms with Crippen LogP contribution in [0.3, 0.4) is 0 Å². The topological polar surface area (TPSA) is 0 Å². The highest BCUT2D eigenvalue weighted by Crippen LogP contribution is 2.15. The van der Waals surface area contributed by atoms with E-state index < -0.39 is 0 Å². The molecular weight excluding hydrogens is 300 g/mol. The van der Waals surface area contributed by atoms with Crippen molar-refractivity contribution in [1.29, 1.82) is 0 Å². The monoisotopic (exact) mass is 350 g/mol. The molecule has 0 rings (SSSR count). The number of rotatable bonds is 21. The molecule has 0 saturated carbocycles. The zero-order valence-corrected chi connectivity index (χ0v) is 17.8. The smallest absolute Gasteiger partial charge is 0.0443 e. The average molecular weight is 351 g/mol. The highest BCUT2D eigenvalue weighted by atomic mass is 14.0. The van der Waals surface area contributed by atoms with E-state index in [0.29, 0.717) is 5.92 Å². The summed E-state index contributed by atoms with van der Waals surface area (Å²) < 4.78 is 0. The summed E-state index contributed by atoms with van der Waals surface area (Å²) in [6.45, 7) is 10.2. The van der Waals surface area contributed by atoms with E-state index in [-0.39, 0.29) is 0 Å². The Labute approximate surface area is 161 Å². The first-order chi connectivity index (χ1) is 12.3. The minimum atomic E-state index is 0.647. The molecule has 1 atom stereocenters. The molecule has 0 saturated heterocycles. The van der Waals surface area contributed by atoms with Crippen LogP contribution in [0.15, 0.2) is 0 Å². The highest BCUT2D eigenvalue weighted by Gasteiger charge is 1.96. The largest absolute Gasteiger partial charge is 0.0625 e. The molecule has 2 radical (unpaired) electrons. The standard InChI is InChI=1S/C25H50/c1-4-5-6-7-8-9-10-11-12-13-14-15-16-17-18-19-20-21-22-23-24-25(2)3/h25H,1-2,4-24H2,3H3. The van der Waals surface area contributed by atoms with Gasteiger partial charge in [0.2, 0.25) is 0 Å². The number of unbranched alkanes of at least 4 members (excludes halogenated alkanes) is 19.